The van der Waals surface area contributed by atoms with E-state index in [4.69, 9.17) is 4.74 Å². The molecule has 4 aromatic rings. The number of fused-ring (bicyclic) bond motifs is 7. The number of rotatable bonds is 0. The van der Waals surface area contributed by atoms with Gasteiger partial charge in [-0.25, -0.2) is 4.98 Å². The third-order valence-electron chi connectivity index (χ3n) is 5.33. The van der Waals surface area contributed by atoms with E-state index < -0.39 is 0 Å². The van der Waals surface area contributed by atoms with E-state index in [9.17, 15) is 5.26 Å². The van der Waals surface area contributed by atoms with Gasteiger partial charge in [-0.15, -0.1) is 0 Å². The Balaban J connectivity index is 1.64. The molecule has 1 N–H and O–H groups in total. The Hall–Kier alpha value is -3.88. The summed E-state index contributed by atoms with van der Waals surface area (Å²) < 4.78 is 8.29. The molecule has 0 fully saturated rings. The number of ether oxygens (including phenoxy) is 1. The molecule has 0 amide bonds. The fourth-order valence-electron chi connectivity index (χ4n) is 3.81. The van der Waals surface area contributed by atoms with E-state index in [2.05, 4.69) is 45.2 Å². The Morgan fingerprint density at radius 3 is 2.87 bits per heavy atom. The number of hydrogen-bond donors (Lipinski definition) is 1. The van der Waals surface area contributed by atoms with Crippen molar-refractivity contribution in [3.63, 3.8) is 0 Å². The van der Waals surface area contributed by atoms with Crippen LogP contribution in [0.5, 0.6) is 11.5 Å². The summed E-state index contributed by atoms with van der Waals surface area (Å²) in [4.78, 5) is 4.32. The first-order valence-electron chi connectivity index (χ1n) is 9.89. The zero-order valence-corrected chi connectivity index (χ0v) is 16.4. The number of nitriles is 1. The lowest BCUT2D eigenvalue weighted by molar-refractivity contribution is 0.480. The first kappa shape index (κ1) is 18.2. The maximum Gasteiger partial charge on any atom is 0.145 e. The predicted octanol–water partition coefficient (Wildman–Crippen LogP) is 4.87. The highest BCUT2D eigenvalue weighted by Crippen LogP contribution is 2.31. The van der Waals surface area contributed by atoms with Crippen LogP contribution in [-0.2, 0) is 19.6 Å². The molecule has 1 aliphatic heterocycles. The van der Waals surface area contributed by atoms with Crippen molar-refractivity contribution in [1.82, 2.24) is 14.9 Å². The summed E-state index contributed by atoms with van der Waals surface area (Å²) >= 11 is 0. The summed E-state index contributed by atoms with van der Waals surface area (Å²) in [7, 11) is 0. The van der Waals surface area contributed by atoms with Crippen molar-refractivity contribution in [3.05, 3.63) is 102 Å². The number of aromatic nitrogens is 2. The molecule has 146 valence electrons. The summed E-state index contributed by atoms with van der Waals surface area (Å²) in [5.41, 5.74) is 6.13. The van der Waals surface area contributed by atoms with E-state index >= 15 is 0 Å². The quantitative estimate of drug-likeness (QED) is 0.464. The number of nitrogens with zero attached hydrogens (tertiary/aromatic N) is 3. The molecule has 0 saturated carbocycles. The van der Waals surface area contributed by atoms with Crippen molar-refractivity contribution >= 4 is 0 Å². The van der Waals surface area contributed by atoms with Gasteiger partial charge in [0.1, 0.15) is 17.6 Å². The Labute approximate surface area is 175 Å². The third kappa shape index (κ3) is 3.57. The zero-order chi connectivity index (χ0) is 20.3. The summed E-state index contributed by atoms with van der Waals surface area (Å²) in [6.45, 7) is 2.13. The van der Waals surface area contributed by atoms with Crippen molar-refractivity contribution in [2.45, 2.75) is 19.6 Å². The molecule has 0 radical (unpaired) electrons. The van der Waals surface area contributed by atoms with E-state index in [1.165, 1.54) is 5.56 Å². The van der Waals surface area contributed by atoms with Crippen LogP contribution in [0.2, 0.25) is 0 Å². The Morgan fingerprint density at radius 2 is 1.93 bits per heavy atom. The van der Waals surface area contributed by atoms with Crippen LogP contribution in [0.1, 0.15) is 22.4 Å². The maximum absolute atomic E-state index is 9.55. The molecule has 1 aliphatic rings. The van der Waals surface area contributed by atoms with Gasteiger partial charge in [-0.05, 0) is 46.5 Å². The monoisotopic (exact) mass is 392 g/mol. The summed E-state index contributed by atoms with van der Waals surface area (Å²) in [5, 5.41) is 13.1. The van der Waals surface area contributed by atoms with Gasteiger partial charge < -0.3 is 14.6 Å². The fourth-order valence-corrected chi connectivity index (χ4v) is 3.81. The molecule has 30 heavy (non-hydrogen) atoms. The van der Waals surface area contributed by atoms with Gasteiger partial charge in [-0.3, -0.25) is 0 Å². The molecule has 5 rings (SSSR count). The van der Waals surface area contributed by atoms with Crippen LogP contribution >= 0.6 is 0 Å². The van der Waals surface area contributed by atoms with Crippen LogP contribution in [0.15, 0.2) is 79.3 Å². The van der Waals surface area contributed by atoms with Crippen LogP contribution < -0.4 is 10.1 Å². The number of nitrogens with one attached hydrogen (secondary N) is 1. The van der Waals surface area contributed by atoms with Gasteiger partial charge in [0.2, 0.25) is 0 Å². The zero-order valence-electron chi connectivity index (χ0n) is 16.4. The number of hydrogen-bond acceptors (Lipinski definition) is 4. The molecule has 2 heterocycles. The van der Waals surface area contributed by atoms with Crippen molar-refractivity contribution in [2.24, 2.45) is 0 Å². The topological polar surface area (TPSA) is 62.9 Å². The molecule has 0 aliphatic carbocycles. The first-order chi connectivity index (χ1) is 14.8. The number of benzene rings is 3. The van der Waals surface area contributed by atoms with Crippen LogP contribution in [0.3, 0.4) is 0 Å². The SMILES string of the molecule is N#Cc1ccc2cc1Oc1cccc(c1)-c1ccccc1CNCc1cncn1C2. The predicted molar refractivity (Wildman–Crippen MR) is 115 cm³/mol. The van der Waals surface area contributed by atoms with Crippen LogP contribution in [0.25, 0.3) is 11.1 Å². The minimum atomic E-state index is 0.515. The molecule has 5 nitrogen and oxygen atoms in total. The Bertz CT molecular complexity index is 1250. The van der Waals surface area contributed by atoms with E-state index in [1.54, 1.807) is 0 Å². The van der Waals surface area contributed by atoms with Crippen molar-refractivity contribution in [3.8, 4) is 28.7 Å². The van der Waals surface area contributed by atoms with E-state index in [0.29, 0.717) is 30.2 Å². The van der Waals surface area contributed by atoms with Crippen molar-refractivity contribution in [2.75, 3.05) is 0 Å². The lowest BCUT2D eigenvalue weighted by atomic mass is 9.99. The lowest BCUT2D eigenvalue weighted by Gasteiger charge is -2.13. The van der Waals surface area contributed by atoms with Crippen molar-refractivity contribution < 1.29 is 4.74 Å². The van der Waals surface area contributed by atoms with Crippen LogP contribution in [-0.4, -0.2) is 9.55 Å². The average molecular weight is 392 g/mol. The normalized spacial score (nSPS) is 13.0. The molecular formula is C25H20N4O. The average Bonchev–Trinajstić information content (AvgIpc) is 3.21. The van der Waals surface area contributed by atoms with Gasteiger partial charge in [0, 0.05) is 25.8 Å². The summed E-state index contributed by atoms with van der Waals surface area (Å²) in [5.74, 6) is 1.28. The highest BCUT2D eigenvalue weighted by molar-refractivity contribution is 5.69. The van der Waals surface area contributed by atoms with Crippen molar-refractivity contribution in [1.29, 1.82) is 5.26 Å². The van der Waals surface area contributed by atoms with Crippen LogP contribution in [0.4, 0.5) is 0 Å². The molecule has 4 bridgehead atoms. The highest BCUT2D eigenvalue weighted by atomic mass is 16.5. The summed E-state index contributed by atoms with van der Waals surface area (Å²) in [6, 6.07) is 24.3. The first-order valence-corrected chi connectivity index (χ1v) is 9.89. The van der Waals surface area contributed by atoms with Gasteiger partial charge in [0.05, 0.1) is 17.6 Å². The molecule has 3 aromatic carbocycles. The molecular weight excluding hydrogens is 372 g/mol. The second kappa shape index (κ2) is 7.86. The fraction of sp³-hybridized carbons (Fsp3) is 0.120. The Kier molecular flexibility index (Phi) is 4.76. The third-order valence-corrected chi connectivity index (χ3v) is 5.33. The molecule has 0 spiro atoms. The minimum Gasteiger partial charge on any atom is -0.456 e. The van der Waals surface area contributed by atoms with Gasteiger partial charge in [0.25, 0.3) is 0 Å². The van der Waals surface area contributed by atoms with Gasteiger partial charge in [0.15, 0.2) is 0 Å². The standard InChI is InChI=1S/C25H20N4O/c26-12-20-9-8-18-10-25(20)30-23-6-3-5-19(11-23)24-7-2-1-4-21(24)13-27-14-22-15-28-17-29(22)16-18/h1-11,15,17,27H,13-14,16H2. The molecule has 0 atom stereocenters. The Morgan fingerprint density at radius 1 is 1.00 bits per heavy atom. The molecule has 0 unspecified atom stereocenters. The summed E-state index contributed by atoms with van der Waals surface area (Å²) in [6.07, 6.45) is 3.73. The smallest absolute Gasteiger partial charge is 0.145 e. The van der Waals surface area contributed by atoms with Crippen LogP contribution in [0, 0.1) is 11.3 Å². The second-order valence-electron chi connectivity index (χ2n) is 7.35. The molecule has 5 heteroatoms. The highest BCUT2D eigenvalue weighted by Gasteiger charge is 2.12. The van der Waals surface area contributed by atoms with E-state index in [0.717, 1.165) is 28.9 Å². The van der Waals surface area contributed by atoms with Gasteiger partial charge >= 0.3 is 0 Å². The second-order valence-corrected chi connectivity index (χ2v) is 7.35. The minimum absolute atomic E-state index is 0.515. The van der Waals surface area contributed by atoms with E-state index in [1.807, 2.05) is 55.0 Å². The molecule has 1 aromatic heterocycles. The maximum atomic E-state index is 9.55. The number of imidazole rings is 1. The van der Waals surface area contributed by atoms with Gasteiger partial charge in [-0.2, -0.15) is 5.26 Å². The van der Waals surface area contributed by atoms with Gasteiger partial charge in [-0.1, -0.05) is 42.5 Å². The largest absolute Gasteiger partial charge is 0.456 e. The lowest BCUT2D eigenvalue weighted by Crippen LogP contribution is -2.16. The molecule has 0 saturated heterocycles. The van der Waals surface area contributed by atoms with E-state index in [-0.39, 0.29) is 0 Å².